The fourth-order valence-electron chi connectivity index (χ4n) is 3.99. The van der Waals surface area contributed by atoms with Crippen molar-refractivity contribution in [3.8, 4) is 0 Å². The lowest BCUT2D eigenvalue weighted by atomic mass is 9.75. The molecule has 2 fully saturated rings. The predicted octanol–water partition coefficient (Wildman–Crippen LogP) is 2.79. The lowest BCUT2D eigenvalue weighted by Gasteiger charge is -2.46. The molecule has 19 heavy (non-hydrogen) atoms. The van der Waals surface area contributed by atoms with Gasteiger partial charge >= 0.3 is 0 Å². The zero-order valence-corrected chi connectivity index (χ0v) is 12.9. The van der Waals surface area contributed by atoms with Crippen LogP contribution in [0.25, 0.3) is 0 Å². The monoisotopic (exact) mass is 268 g/mol. The van der Waals surface area contributed by atoms with E-state index in [0.29, 0.717) is 6.10 Å². The Bertz CT molecular complexity index is 265. The van der Waals surface area contributed by atoms with Crippen LogP contribution in [0.5, 0.6) is 0 Å². The SMILES string of the molecule is CC1CCCC(CN)(N(C)CCCC2CCCO2)C1. The van der Waals surface area contributed by atoms with Gasteiger partial charge in [-0.1, -0.05) is 19.8 Å². The van der Waals surface area contributed by atoms with Gasteiger partial charge in [0.15, 0.2) is 0 Å². The third-order valence-corrected chi connectivity index (χ3v) is 5.30. The van der Waals surface area contributed by atoms with Crippen LogP contribution in [0.15, 0.2) is 0 Å². The molecule has 2 rings (SSSR count). The minimum atomic E-state index is 0.272. The van der Waals surface area contributed by atoms with Gasteiger partial charge in [0.2, 0.25) is 0 Å². The van der Waals surface area contributed by atoms with E-state index < -0.39 is 0 Å². The molecule has 0 aromatic heterocycles. The van der Waals surface area contributed by atoms with Crippen LogP contribution >= 0.6 is 0 Å². The molecule has 112 valence electrons. The maximum Gasteiger partial charge on any atom is 0.0576 e. The fourth-order valence-corrected chi connectivity index (χ4v) is 3.99. The average Bonchev–Trinajstić information content (AvgIpc) is 2.91. The predicted molar refractivity (Wildman–Crippen MR) is 80.3 cm³/mol. The van der Waals surface area contributed by atoms with Gasteiger partial charge in [-0.15, -0.1) is 0 Å². The van der Waals surface area contributed by atoms with Crippen molar-refractivity contribution in [2.75, 3.05) is 26.7 Å². The molecule has 1 saturated carbocycles. The number of hydrogen-bond donors (Lipinski definition) is 1. The normalized spacial score (nSPS) is 36.0. The van der Waals surface area contributed by atoms with Gasteiger partial charge < -0.3 is 10.5 Å². The molecule has 3 unspecified atom stereocenters. The minimum absolute atomic E-state index is 0.272. The molecular formula is C16H32N2O. The molecule has 2 aliphatic rings. The Morgan fingerprint density at radius 1 is 1.32 bits per heavy atom. The largest absolute Gasteiger partial charge is 0.378 e. The van der Waals surface area contributed by atoms with Crippen LogP contribution < -0.4 is 5.73 Å². The number of nitrogens with two attached hydrogens (primary N) is 1. The van der Waals surface area contributed by atoms with Gasteiger partial charge in [-0.3, -0.25) is 4.90 Å². The average molecular weight is 268 g/mol. The smallest absolute Gasteiger partial charge is 0.0576 e. The Balaban J connectivity index is 1.77. The zero-order valence-electron chi connectivity index (χ0n) is 12.9. The number of ether oxygens (including phenoxy) is 1. The van der Waals surface area contributed by atoms with Crippen molar-refractivity contribution < 1.29 is 4.74 Å². The summed E-state index contributed by atoms with van der Waals surface area (Å²) in [5.41, 5.74) is 6.40. The highest BCUT2D eigenvalue weighted by Crippen LogP contribution is 2.35. The highest BCUT2D eigenvalue weighted by atomic mass is 16.5. The summed E-state index contributed by atoms with van der Waals surface area (Å²) in [6, 6.07) is 0. The van der Waals surface area contributed by atoms with Crippen molar-refractivity contribution in [1.82, 2.24) is 4.90 Å². The molecule has 0 spiro atoms. The molecule has 0 aromatic rings. The number of nitrogens with zero attached hydrogens (tertiary/aromatic N) is 1. The van der Waals surface area contributed by atoms with E-state index in [0.717, 1.165) is 19.1 Å². The summed E-state index contributed by atoms with van der Waals surface area (Å²) in [7, 11) is 2.28. The molecule has 0 amide bonds. The van der Waals surface area contributed by atoms with E-state index in [2.05, 4.69) is 18.9 Å². The Kier molecular flexibility index (Phi) is 5.67. The number of hydrogen-bond acceptors (Lipinski definition) is 3. The van der Waals surface area contributed by atoms with Gasteiger partial charge in [0, 0.05) is 18.7 Å². The quantitative estimate of drug-likeness (QED) is 0.805. The standard InChI is InChI=1S/C16H32N2O/c1-14-6-3-9-16(12-14,13-17)18(2)10-4-7-15-8-5-11-19-15/h14-15H,3-13,17H2,1-2H3. The first-order chi connectivity index (χ1) is 9.16. The molecular weight excluding hydrogens is 236 g/mol. The molecule has 3 heteroatoms. The molecule has 3 nitrogen and oxygen atoms in total. The first-order valence-electron chi connectivity index (χ1n) is 8.19. The van der Waals surface area contributed by atoms with Gasteiger partial charge in [-0.2, -0.15) is 0 Å². The van der Waals surface area contributed by atoms with Crippen molar-refractivity contribution in [2.45, 2.75) is 69.9 Å². The van der Waals surface area contributed by atoms with Gasteiger partial charge in [0.25, 0.3) is 0 Å². The third-order valence-electron chi connectivity index (χ3n) is 5.30. The second kappa shape index (κ2) is 7.05. The lowest BCUT2D eigenvalue weighted by molar-refractivity contribution is 0.0523. The second-order valence-corrected chi connectivity index (χ2v) is 6.83. The first-order valence-corrected chi connectivity index (χ1v) is 8.19. The van der Waals surface area contributed by atoms with E-state index in [1.165, 1.54) is 57.9 Å². The van der Waals surface area contributed by atoms with Crippen molar-refractivity contribution in [1.29, 1.82) is 0 Å². The van der Waals surface area contributed by atoms with Crippen LogP contribution in [0.4, 0.5) is 0 Å². The molecule has 1 heterocycles. The summed E-state index contributed by atoms with van der Waals surface area (Å²) in [5, 5.41) is 0. The molecule has 3 atom stereocenters. The summed E-state index contributed by atoms with van der Waals surface area (Å²) in [6.45, 7) is 5.34. The molecule has 0 radical (unpaired) electrons. The topological polar surface area (TPSA) is 38.5 Å². The van der Waals surface area contributed by atoms with Crippen molar-refractivity contribution >= 4 is 0 Å². The van der Waals surface area contributed by atoms with Crippen LogP contribution in [0.2, 0.25) is 0 Å². The van der Waals surface area contributed by atoms with Gasteiger partial charge in [0.05, 0.1) is 6.10 Å². The summed E-state index contributed by atoms with van der Waals surface area (Å²) < 4.78 is 5.71. The summed E-state index contributed by atoms with van der Waals surface area (Å²) in [5.74, 6) is 0.831. The van der Waals surface area contributed by atoms with E-state index in [9.17, 15) is 0 Å². The summed E-state index contributed by atoms with van der Waals surface area (Å²) in [4.78, 5) is 2.55. The molecule has 0 aromatic carbocycles. The van der Waals surface area contributed by atoms with Gasteiger partial charge in [-0.25, -0.2) is 0 Å². The minimum Gasteiger partial charge on any atom is -0.378 e. The molecule has 2 N–H and O–H groups in total. The second-order valence-electron chi connectivity index (χ2n) is 6.83. The maximum absolute atomic E-state index is 6.13. The van der Waals surface area contributed by atoms with Gasteiger partial charge in [0.1, 0.15) is 0 Å². The van der Waals surface area contributed by atoms with Crippen LogP contribution in [0.3, 0.4) is 0 Å². The third kappa shape index (κ3) is 3.93. The summed E-state index contributed by atoms with van der Waals surface area (Å²) in [6.07, 6.45) is 10.8. The molecule has 0 bridgehead atoms. The van der Waals surface area contributed by atoms with E-state index in [1.54, 1.807) is 0 Å². The molecule has 1 saturated heterocycles. The Morgan fingerprint density at radius 2 is 2.16 bits per heavy atom. The highest BCUT2D eigenvalue weighted by molar-refractivity contribution is 4.94. The van der Waals surface area contributed by atoms with Gasteiger partial charge in [-0.05, 0) is 58.0 Å². The van der Waals surface area contributed by atoms with Crippen LogP contribution in [0, 0.1) is 5.92 Å². The lowest BCUT2D eigenvalue weighted by Crippen LogP contribution is -2.54. The van der Waals surface area contributed by atoms with E-state index >= 15 is 0 Å². The number of likely N-dealkylation sites (N-methyl/N-ethyl adjacent to an activating group) is 1. The van der Waals surface area contributed by atoms with E-state index in [1.807, 2.05) is 0 Å². The van der Waals surface area contributed by atoms with Crippen LogP contribution in [-0.2, 0) is 4.74 Å². The Hall–Kier alpha value is -0.120. The van der Waals surface area contributed by atoms with E-state index in [4.69, 9.17) is 10.5 Å². The highest BCUT2D eigenvalue weighted by Gasteiger charge is 2.36. The Morgan fingerprint density at radius 3 is 2.79 bits per heavy atom. The maximum atomic E-state index is 6.13. The molecule has 1 aliphatic heterocycles. The van der Waals surface area contributed by atoms with Crippen molar-refractivity contribution in [3.63, 3.8) is 0 Å². The van der Waals surface area contributed by atoms with Crippen LogP contribution in [0.1, 0.15) is 58.3 Å². The molecule has 1 aliphatic carbocycles. The Labute approximate surface area is 118 Å². The van der Waals surface area contributed by atoms with Crippen LogP contribution in [-0.4, -0.2) is 43.3 Å². The van der Waals surface area contributed by atoms with Crippen molar-refractivity contribution in [3.05, 3.63) is 0 Å². The first kappa shape index (κ1) is 15.3. The van der Waals surface area contributed by atoms with Crippen molar-refractivity contribution in [2.24, 2.45) is 11.7 Å². The van der Waals surface area contributed by atoms with E-state index in [-0.39, 0.29) is 5.54 Å². The fraction of sp³-hybridized carbons (Fsp3) is 1.00. The number of rotatable bonds is 6. The summed E-state index contributed by atoms with van der Waals surface area (Å²) >= 11 is 0. The zero-order chi connectivity index (χ0) is 13.7.